The molecule has 26 heavy (non-hydrogen) atoms. The SMILES string of the molecule is CCC1(c2cccs2)OCC(=O)Nc2ccc(-c3ccc(C#N)[nH]3)cc21. The highest BCUT2D eigenvalue weighted by Crippen LogP contribution is 2.45. The van der Waals surface area contributed by atoms with E-state index in [0.717, 1.165) is 27.4 Å². The quantitative estimate of drug-likeness (QED) is 0.731. The van der Waals surface area contributed by atoms with Gasteiger partial charge in [-0.25, -0.2) is 0 Å². The molecule has 0 saturated carbocycles. The van der Waals surface area contributed by atoms with Gasteiger partial charge >= 0.3 is 0 Å². The number of hydrogen-bond donors (Lipinski definition) is 2. The fraction of sp³-hybridized carbons (Fsp3) is 0.200. The summed E-state index contributed by atoms with van der Waals surface area (Å²) in [5.74, 6) is -0.155. The predicted octanol–water partition coefficient (Wildman–Crippen LogP) is 4.24. The second-order valence-corrected chi connectivity index (χ2v) is 7.10. The van der Waals surface area contributed by atoms with Crippen molar-refractivity contribution in [1.29, 1.82) is 5.26 Å². The van der Waals surface area contributed by atoms with Gasteiger partial charge in [0.15, 0.2) is 0 Å². The van der Waals surface area contributed by atoms with Gasteiger partial charge in [-0.15, -0.1) is 11.3 Å². The molecular weight excluding hydrogens is 346 g/mol. The fourth-order valence-electron chi connectivity index (χ4n) is 3.42. The van der Waals surface area contributed by atoms with Crippen molar-refractivity contribution in [1.82, 2.24) is 4.98 Å². The van der Waals surface area contributed by atoms with E-state index in [1.807, 2.05) is 41.8 Å². The van der Waals surface area contributed by atoms with Gasteiger partial charge in [-0.05, 0) is 47.7 Å². The summed E-state index contributed by atoms with van der Waals surface area (Å²) < 4.78 is 6.18. The van der Waals surface area contributed by atoms with Crippen LogP contribution < -0.4 is 5.32 Å². The largest absolute Gasteiger partial charge is 0.355 e. The maximum absolute atomic E-state index is 12.1. The molecule has 3 heterocycles. The van der Waals surface area contributed by atoms with Gasteiger partial charge in [0, 0.05) is 21.8 Å². The molecule has 4 rings (SSSR count). The molecule has 0 radical (unpaired) electrons. The molecule has 130 valence electrons. The van der Waals surface area contributed by atoms with Crippen molar-refractivity contribution in [3.8, 4) is 17.3 Å². The Kier molecular flexibility index (Phi) is 4.11. The van der Waals surface area contributed by atoms with Gasteiger partial charge in [0.2, 0.25) is 5.91 Å². The average Bonchev–Trinajstić information content (AvgIpc) is 3.33. The number of nitrogens with one attached hydrogen (secondary N) is 2. The van der Waals surface area contributed by atoms with Crippen LogP contribution in [0.4, 0.5) is 5.69 Å². The van der Waals surface area contributed by atoms with Crippen LogP contribution in [-0.2, 0) is 15.1 Å². The first-order chi connectivity index (χ1) is 12.7. The van der Waals surface area contributed by atoms with Crippen LogP contribution in [-0.4, -0.2) is 17.5 Å². The standard InChI is InChI=1S/C20H17N3O2S/c1-2-20(18-4-3-9-26-18)15-10-13(16-8-6-14(11-21)22-16)5-7-17(15)23-19(24)12-25-20/h3-10,22H,2,12H2,1H3,(H,23,24). The van der Waals surface area contributed by atoms with Crippen molar-refractivity contribution in [2.24, 2.45) is 0 Å². The van der Waals surface area contributed by atoms with E-state index < -0.39 is 5.60 Å². The summed E-state index contributed by atoms with van der Waals surface area (Å²) in [5, 5.41) is 14.0. The van der Waals surface area contributed by atoms with Crippen LogP contribution in [0.2, 0.25) is 0 Å². The Morgan fingerprint density at radius 3 is 2.88 bits per heavy atom. The second kappa shape index (κ2) is 6.45. The van der Waals surface area contributed by atoms with E-state index >= 15 is 0 Å². The summed E-state index contributed by atoms with van der Waals surface area (Å²) >= 11 is 1.62. The summed E-state index contributed by atoms with van der Waals surface area (Å²) in [5.41, 5.74) is 3.33. The maximum Gasteiger partial charge on any atom is 0.250 e. The molecule has 1 atom stereocenters. The van der Waals surface area contributed by atoms with Crippen molar-refractivity contribution in [2.75, 3.05) is 11.9 Å². The average molecular weight is 363 g/mol. The highest BCUT2D eigenvalue weighted by atomic mass is 32.1. The number of nitrogens with zero attached hydrogens (tertiary/aromatic N) is 1. The number of nitriles is 1. The first-order valence-corrected chi connectivity index (χ1v) is 9.26. The number of H-pyrrole nitrogens is 1. The number of ether oxygens (including phenoxy) is 1. The number of aromatic amines is 1. The van der Waals surface area contributed by atoms with E-state index in [0.29, 0.717) is 12.1 Å². The monoisotopic (exact) mass is 363 g/mol. The molecule has 3 aromatic rings. The number of anilines is 1. The lowest BCUT2D eigenvalue weighted by Gasteiger charge is -2.32. The van der Waals surface area contributed by atoms with Gasteiger partial charge < -0.3 is 15.0 Å². The number of amides is 1. The van der Waals surface area contributed by atoms with Crippen LogP contribution in [0.3, 0.4) is 0 Å². The Hall–Kier alpha value is -2.88. The van der Waals surface area contributed by atoms with E-state index in [1.54, 1.807) is 17.4 Å². The summed E-state index contributed by atoms with van der Waals surface area (Å²) in [7, 11) is 0. The Labute approximate surface area is 155 Å². The number of rotatable bonds is 3. The van der Waals surface area contributed by atoms with Crippen molar-refractivity contribution < 1.29 is 9.53 Å². The van der Waals surface area contributed by atoms with Crippen molar-refractivity contribution in [3.63, 3.8) is 0 Å². The van der Waals surface area contributed by atoms with Crippen LogP contribution in [0.15, 0.2) is 47.8 Å². The minimum absolute atomic E-state index is 0.0107. The van der Waals surface area contributed by atoms with Gasteiger partial charge in [0.1, 0.15) is 24.0 Å². The number of thiophene rings is 1. The third kappa shape index (κ3) is 2.62. The normalized spacial score (nSPS) is 19.3. The first kappa shape index (κ1) is 16.6. The highest BCUT2D eigenvalue weighted by Gasteiger charge is 2.39. The number of benzene rings is 1. The van der Waals surface area contributed by atoms with E-state index in [2.05, 4.69) is 23.3 Å². The summed E-state index contributed by atoms with van der Waals surface area (Å²) in [6, 6.07) is 15.7. The van der Waals surface area contributed by atoms with Crippen LogP contribution >= 0.6 is 11.3 Å². The molecule has 2 aromatic heterocycles. The van der Waals surface area contributed by atoms with Crippen LogP contribution in [0.25, 0.3) is 11.3 Å². The molecule has 1 aliphatic heterocycles. The molecular formula is C20H17N3O2S. The molecule has 0 aliphatic carbocycles. The Bertz CT molecular complexity index is 1000. The molecule has 1 unspecified atom stereocenters. The maximum atomic E-state index is 12.1. The zero-order valence-electron chi connectivity index (χ0n) is 14.2. The third-order valence-electron chi connectivity index (χ3n) is 4.71. The highest BCUT2D eigenvalue weighted by molar-refractivity contribution is 7.10. The molecule has 1 aliphatic rings. The molecule has 5 nitrogen and oxygen atoms in total. The second-order valence-electron chi connectivity index (χ2n) is 6.15. The minimum Gasteiger partial charge on any atom is -0.355 e. The molecule has 0 saturated heterocycles. The predicted molar refractivity (Wildman–Crippen MR) is 101 cm³/mol. The van der Waals surface area contributed by atoms with Gasteiger partial charge in [0.05, 0.1) is 0 Å². The molecule has 0 fully saturated rings. The molecule has 6 heteroatoms. The lowest BCUT2D eigenvalue weighted by molar-refractivity contribution is -0.125. The van der Waals surface area contributed by atoms with Crippen LogP contribution in [0, 0.1) is 11.3 Å². The minimum atomic E-state index is -0.677. The third-order valence-corrected chi connectivity index (χ3v) is 5.73. The van der Waals surface area contributed by atoms with Crippen LogP contribution in [0.5, 0.6) is 0 Å². The van der Waals surface area contributed by atoms with Crippen molar-refractivity contribution in [2.45, 2.75) is 18.9 Å². The summed E-state index contributed by atoms with van der Waals surface area (Å²) in [6.45, 7) is 2.07. The lowest BCUT2D eigenvalue weighted by Crippen LogP contribution is -2.30. The van der Waals surface area contributed by atoms with Crippen LogP contribution in [0.1, 0.15) is 29.5 Å². The first-order valence-electron chi connectivity index (χ1n) is 8.38. The van der Waals surface area contributed by atoms with Gasteiger partial charge in [0.25, 0.3) is 0 Å². The van der Waals surface area contributed by atoms with Crippen molar-refractivity contribution in [3.05, 3.63) is 64.0 Å². The van der Waals surface area contributed by atoms with Gasteiger partial charge in [-0.1, -0.05) is 19.1 Å². The zero-order valence-corrected chi connectivity index (χ0v) is 15.0. The Balaban J connectivity index is 1.91. The number of hydrogen-bond acceptors (Lipinski definition) is 4. The van der Waals surface area contributed by atoms with E-state index in [1.165, 1.54) is 0 Å². The molecule has 2 N–H and O–H groups in total. The zero-order chi connectivity index (χ0) is 18.1. The topological polar surface area (TPSA) is 77.9 Å². The Morgan fingerprint density at radius 2 is 2.19 bits per heavy atom. The van der Waals surface area contributed by atoms with E-state index in [-0.39, 0.29) is 12.5 Å². The number of fused-ring (bicyclic) bond motifs is 1. The van der Waals surface area contributed by atoms with Crippen molar-refractivity contribution >= 4 is 22.9 Å². The Morgan fingerprint density at radius 1 is 1.31 bits per heavy atom. The number of carbonyl (C=O) groups excluding carboxylic acids is 1. The molecule has 0 spiro atoms. The smallest absolute Gasteiger partial charge is 0.250 e. The molecule has 1 amide bonds. The van der Waals surface area contributed by atoms with E-state index in [9.17, 15) is 4.79 Å². The summed E-state index contributed by atoms with van der Waals surface area (Å²) in [4.78, 5) is 16.3. The summed E-state index contributed by atoms with van der Waals surface area (Å²) in [6.07, 6.45) is 0.701. The number of aromatic nitrogens is 1. The fourth-order valence-corrected chi connectivity index (χ4v) is 4.38. The van der Waals surface area contributed by atoms with Gasteiger partial charge in [-0.2, -0.15) is 5.26 Å². The van der Waals surface area contributed by atoms with E-state index in [4.69, 9.17) is 10.00 Å². The molecule has 0 bridgehead atoms. The molecule has 1 aromatic carbocycles. The van der Waals surface area contributed by atoms with Gasteiger partial charge in [-0.3, -0.25) is 4.79 Å². The number of carbonyl (C=O) groups is 1. The lowest BCUT2D eigenvalue weighted by atomic mass is 9.86.